The fourth-order valence-corrected chi connectivity index (χ4v) is 3.45. The predicted molar refractivity (Wildman–Crippen MR) is 80.3 cm³/mol. The topological polar surface area (TPSA) is 35.2 Å². The van der Waals surface area contributed by atoms with Crippen molar-refractivity contribution in [2.45, 2.75) is 52.5 Å². The van der Waals surface area contributed by atoms with E-state index in [9.17, 15) is 0 Å². The molecule has 1 aromatic rings. The lowest BCUT2D eigenvalue weighted by atomic mass is 9.65. The lowest BCUT2D eigenvalue weighted by Crippen LogP contribution is -2.36. The van der Waals surface area contributed by atoms with Crippen molar-refractivity contribution in [2.24, 2.45) is 17.1 Å². The number of ether oxygens (including phenoxy) is 1. The number of hydrogen-bond donors (Lipinski definition) is 1. The monoisotopic (exact) mass is 261 g/mol. The van der Waals surface area contributed by atoms with Crippen LogP contribution in [0.4, 0.5) is 0 Å². The average Bonchev–Trinajstić information content (AvgIpc) is 2.38. The highest BCUT2D eigenvalue weighted by Crippen LogP contribution is 2.47. The molecule has 19 heavy (non-hydrogen) atoms. The quantitative estimate of drug-likeness (QED) is 0.877. The minimum absolute atomic E-state index is 0.0815. The number of hydrogen-bond acceptors (Lipinski definition) is 2. The Balaban J connectivity index is 2.25. The molecular formula is C17H27NO. The molecule has 2 atom stereocenters. The molecule has 2 rings (SSSR count). The second kappa shape index (κ2) is 5.96. The molecule has 1 aromatic carbocycles. The second-order valence-electron chi connectivity index (χ2n) is 6.34. The van der Waals surface area contributed by atoms with Gasteiger partial charge in [0.1, 0.15) is 5.75 Å². The lowest BCUT2D eigenvalue weighted by Gasteiger charge is -2.42. The molecule has 0 amide bonds. The van der Waals surface area contributed by atoms with Crippen LogP contribution in [-0.2, 0) is 0 Å². The van der Waals surface area contributed by atoms with E-state index in [0.717, 1.165) is 5.75 Å². The van der Waals surface area contributed by atoms with E-state index in [1.807, 2.05) is 19.1 Å². The first kappa shape index (κ1) is 14.4. The molecule has 2 N–H and O–H groups in total. The minimum atomic E-state index is 0.0815. The van der Waals surface area contributed by atoms with Crippen molar-refractivity contribution in [1.29, 1.82) is 0 Å². The van der Waals surface area contributed by atoms with Gasteiger partial charge in [-0.2, -0.15) is 0 Å². The van der Waals surface area contributed by atoms with Crippen molar-refractivity contribution in [3.63, 3.8) is 0 Å². The summed E-state index contributed by atoms with van der Waals surface area (Å²) in [7, 11) is 0. The first-order chi connectivity index (χ1) is 9.06. The highest BCUT2D eigenvalue weighted by atomic mass is 16.5. The summed E-state index contributed by atoms with van der Waals surface area (Å²) in [6, 6.07) is 8.33. The zero-order valence-corrected chi connectivity index (χ0v) is 12.5. The Morgan fingerprint density at radius 3 is 2.74 bits per heavy atom. The maximum absolute atomic E-state index is 6.60. The number of rotatable bonds is 4. The van der Waals surface area contributed by atoms with Gasteiger partial charge in [0, 0.05) is 11.6 Å². The zero-order chi connectivity index (χ0) is 13.9. The van der Waals surface area contributed by atoms with Crippen LogP contribution in [0.3, 0.4) is 0 Å². The fraction of sp³-hybridized carbons (Fsp3) is 0.647. The van der Waals surface area contributed by atoms with Crippen molar-refractivity contribution in [2.75, 3.05) is 6.61 Å². The van der Waals surface area contributed by atoms with Gasteiger partial charge in [-0.3, -0.25) is 0 Å². The normalized spacial score (nSPS) is 23.9. The maximum atomic E-state index is 6.60. The van der Waals surface area contributed by atoms with Crippen LogP contribution in [0.2, 0.25) is 0 Å². The summed E-state index contributed by atoms with van der Waals surface area (Å²) >= 11 is 0. The minimum Gasteiger partial charge on any atom is -0.494 e. The van der Waals surface area contributed by atoms with Gasteiger partial charge in [-0.15, -0.1) is 0 Å². The number of para-hydroxylation sites is 1. The maximum Gasteiger partial charge on any atom is 0.124 e. The van der Waals surface area contributed by atoms with Crippen LogP contribution in [0.5, 0.6) is 5.75 Å². The molecule has 1 saturated carbocycles. The molecule has 2 heteroatoms. The first-order valence-electron chi connectivity index (χ1n) is 7.53. The third-order valence-electron chi connectivity index (χ3n) is 4.60. The van der Waals surface area contributed by atoms with Gasteiger partial charge in [-0.25, -0.2) is 0 Å². The Hall–Kier alpha value is -1.02. The number of nitrogens with two attached hydrogens (primary N) is 1. The molecule has 0 radical (unpaired) electrons. The van der Waals surface area contributed by atoms with E-state index in [2.05, 4.69) is 26.0 Å². The Morgan fingerprint density at radius 1 is 1.32 bits per heavy atom. The summed E-state index contributed by atoms with van der Waals surface area (Å²) in [5.41, 5.74) is 8.10. The van der Waals surface area contributed by atoms with Crippen LogP contribution >= 0.6 is 0 Å². The standard InChI is InChI=1S/C17H27NO/c1-4-19-15-11-6-5-9-13(15)16(18)14-10-7-8-12-17(14,2)3/h5-6,9,11,14,16H,4,7-8,10,12,18H2,1-3H3. The third kappa shape index (κ3) is 3.11. The van der Waals surface area contributed by atoms with E-state index < -0.39 is 0 Å². The van der Waals surface area contributed by atoms with Crippen molar-refractivity contribution >= 4 is 0 Å². The molecule has 2 nitrogen and oxygen atoms in total. The van der Waals surface area contributed by atoms with E-state index in [4.69, 9.17) is 10.5 Å². The van der Waals surface area contributed by atoms with Crippen molar-refractivity contribution < 1.29 is 4.74 Å². The largest absolute Gasteiger partial charge is 0.494 e. The molecule has 1 aliphatic rings. The van der Waals surface area contributed by atoms with E-state index in [1.165, 1.54) is 31.2 Å². The molecule has 0 bridgehead atoms. The molecule has 2 unspecified atom stereocenters. The van der Waals surface area contributed by atoms with Gasteiger partial charge >= 0.3 is 0 Å². The molecule has 1 aliphatic carbocycles. The summed E-state index contributed by atoms with van der Waals surface area (Å²) in [5, 5.41) is 0. The molecule has 1 fully saturated rings. The SMILES string of the molecule is CCOc1ccccc1C(N)C1CCCCC1(C)C. The Labute approximate surface area is 117 Å². The highest BCUT2D eigenvalue weighted by molar-refractivity contribution is 5.36. The van der Waals surface area contributed by atoms with E-state index in [-0.39, 0.29) is 6.04 Å². The van der Waals surface area contributed by atoms with Crippen LogP contribution < -0.4 is 10.5 Å². The summed E-state index contributed by atoms with van der Waals surface area (Å²) < 4.78 is 5.74. The molecule has 0 heterocycles. The highest BCUT2D eigenvalue weighted by Gasteiger charge is 2.37. The van der Waals surface area contributed by atoms with Gasteiger partial charge in [0.15, 0.2) is 0 Å². The van der Waals surface area contributed by atoms with Crippen molar-refractivity contribution in [1.82, 2.24) is 0 Å². The van der Waals surface area contributed by atoms with Gasteiger partial charge in [-0.05, 0) is 37.2 Å². The second-order valence-corrected chi connectivity index (χ2v) is 6.34. The molecular weight excluding hydrogens is 234 g/mol. The van der Waals surface area contributed by atoms with Gasteiger partial charge in [0.25, 0.3) is 0 Å². The van der Waals surface area contributed by atoms with Crippen molar-refractivity contribution in [3.05, 3.63) is 29.8 Å². The van der Waals surface area contributed by atoms with Crippen LogP contribution in [0, 0.1) is 11.3 Å². The Kier molecular flexibility index (Phi) is 4.51. The van der Waals surface area contributed by atoms with Gasteiger partial charge in [0.05, 0.1) is 6.61 Å². The molecule has 0 aromatic heterocycles. The Bertz CT molecular complexity index is 413. The summed E-state index contributed by atoms with van der Waals surface area (Å²) in [6.07, 6.45) is 5.15. The van der Waals surface area contributed by atoms with Gasteiger partial charge in [-0.1, -0.05) is 44.9 Å². The van der Waals surface area contributed by atoms with Crippen LogP contribution in [0.15, 0.2) is 24.3 Å². The van der Waals surface area contributed by atoms with E-state index in [0.29, 0.717) is 17.9 Å². The molecule has 0 aliphatic heterocycles. The first-order valence-corrected chi connectivity index (χ1v) is 7.53. The number of benzene rings is 1. The van der Waals surface area contributed by atoms with Crippen LogP contribution in [0.1, 0.15) is 58.1 Å². The third-order valence-corrected chi connectivity index (χ3v) is 4.60. The zero-order valence-electron chi connectivity index (χ0n) is 12.5. The van der Waals surface area contributed by atoms with Gasteiger partial charge < -0.3 is 10.5 Å². The molecule has 0 saturated heterocycles. The lowest BCUT2D eigenvalue weighted by molar-refractivity contribution is 0.111. The smallest absolute Gasteiger partial charge is 0.124 e. The van der Waals surface area contributed by atoms with Crippen LogP contribution in [0.25, 0.3) is 0 Å². The molecule has 106 valence electrons. The summed E-state index contributed by atoms with van der Waals surface area (Å²) in [5.74, 6) is 1.50. The van der Waals surface area contributed by atoms with E-state index in [1.54, 1.807) is 0 Å². The average molecular weight is 261 g/mol. The molecule has 0 spiro atoms. The van der Waals surface area contributed by atoms with Crippen molar-refractivity contribution in [3.8, 4) is 5.75 Å². The van der Waals surface area contributed by atoms with Gasteiger partial charge in [0.2, 0.25) is 0 Å². The Morgan fingerprint density at radius 2 is 2.05 bits per heavy atom. The van der Waals surface area contributed by atoms with E-state index >= 15 is 0 Å². The van der Waals surface area contributed by atoms with Crippen LogP contribution in [-0.4, -0.2) is 6.61 Å². The summed E-state index contributed by atoms with van der Waals surface area (Å²) in [4.78, 5) is 0. The summed E-state index contributed by atoms with van der Waals surface area (Å²) in [6.45, 7) is 7.44. The predicted octanol–water partition coefficient (Wildman–Crippen LogP) is 4.30. The fourth-order valence-electron chi connectivity index (χ4n) is 3.45.